The third-order valence-electron chi connectivity index (χ3n) is 3.24. The Morgan fingerprint density at radius 3 is 2.42 bits per heavy atom. The molecule has 2 nitrogen and oxygen atoms in total. The van der Waals surface area contributed by atoms with E-state index in [1.54, 1.807) is 0 Å². The van der Waals surface area contributed by atoms with Crippen LogP contribution in [0.5, 0.6) is 0 Å². The molecule has 0 saturated heterocycles. The molecule has 3 rings (SSSR count). The SMILES string of the molecule is Cc1cc(F)cc(-c2nc3c(C)cc(C)cc3[nH]2)c1. The molecule has 1 N–H and O–H groups in total. The molecule has 1 aromatic heterocycles. The van der Waals surface area contributed by atoms with Crippen molar-refractivity contribution in [3.63, 3.8) is 0 Å². The van der Waals surface area contributed by atoms with E-state index in [0.29, 0.717) is 5.82 Å². The van der Waals surface area contributed by atoms with Crippen LogP contribution in [-0.4, -0.2) is 9.97 Å². The van der Waals surface area contributed by atoms with E-state index in [1.165, 1.54) is 17.7 Å². The lowest BCUT2D eigenvalue weighted by Crippen LogP contribution is -1.85. The molecule has 96 valence electrons. The van der Waals surface area contributed by atoms with Gasteiger partial charge in [0.15, 0.2) is 0 Å². The number of aromatic nitrogens is 2. The van der Waals surface area contributed by atoms with Gasteiger partial charge in [-0.3, -0.25) is 0 Å². The Bertz CT molecular complexity index is 752. The molecular formula is C16H15FN2. The summed E-state index contributed by atoms with van der Waals surface area (Å²) in [5, 5.41) is 0. The molecule has 1 heterocycles. The van der Waals surface area contributed by atoms with Crippen molar-refractivity contribution in [2.45, 2.75) is 20.8 Å². The molecule has 3 aromatic rings. The smallest absolute Gasteiger partial charge is 0.138 e. The van der Waals surface area contributed by atoms with Gasteiger partial charge in [0, 0.05) is 5.56 Å². The number of rotatable bonds is 1. The molecule has 0 fully saturated rings. The number of fused-ring (bicyclic) bond motifs is 1. The van der Waals surface area contributed by atoms with Gasteiger partial charge in [0.05, 0.1) is 11.0 Å². The van der Waals surface area contributed by atoms with E-state index in [4.69, 9.17) is 0 Å². The van der Waals surface area contributed by atoms with Crippen molar-refractivity contribution in [1.29, 1.82) is 0 Å². The second kappa shape index (κ2) is 4.19. The first-order chi connectivity index (χ1) is 9.02. The summed E-state index contributed by atoms with van der Waals surface area (Å²) in [6.45, 7) is 5.97. The lowest BCUT2D eigenvalue weighted by atomic mass is 10.1. The molecular weight excluding hydrogens is 239 g/mol. The summed E-state index contributed by atoms with van der Waals surface area (Å²) in [7, 11) is 0. The highest BCUT2D eigenvalue weighted by molar-refractivity contribution is 5.83. The average molecular weight is 254 g/mol. The number of nitrogens with zero attached hydrogens (tertiary/aromatic N) is 1. The standard InChI is InChI=1S/C16H15FN2/c1-9-4-11(3)15-14(7-9)18-16(19-15)12-5-10(2)6-13(17)8-12/h4-8H,1-3H3,(H,18,19). The maximum atomic E-state index is 13.5. The first-order valence-corrected chi connectivity index (χ1v) is 6.27. The third-order valence-corrected chi connectivity index (χ3v) is 3.24. The molecule has 0 aliphatic heterocycles. The fourth-order valence-corrected chi connectivity index (χ4v) is 2.48. The highest BCUT2D eigenvalue weighted by atomic mass is 19.1. The van der Waals surface area contributed by atoms with E-state index in [9.17, 15) is 4.39 Å². The Kier molecular flexibility index (Phi) is 2.63. The van der Waals surface area contributed by atoms with Gasteiger partial charge in [-0.2, -0.15) is 0 Å². The summed E-state index contributed by atoms with van der Waals surface area (Å²) < 4.78 is 13.5. The van der Waals surface area contributed by atoms with Crippen molar-refractivity contribution in [2.24, 2.45) is 0 Å². The van der Waals surface area contributed by atoms with Gasteiger partial charge in [-0.1, -0.05) is 6.07 Å². The number of aromatic amines is 1. The summed E-state index contributed by atoms with van der Waals surface area (Å²) >= 11 is 0. The quantitative estimate of drug-likeness (QED) is 0.689. The minimum absolute atomic E-state index is 0.233. The van der Waals surface area contributed by atoms with E-state index < -0.39 is 0 Å². The van der Waals surface area contributed by atoms with Gasteiger partial charge in [0.2, 0.25) is 0 Å². The van der Waals surface area contributed by atoms with E-state index in [2.05, 4.69) is 29.0 Å². The molecule has 0 aliphatic carbocycles. The number of benzene rings is 2. The molecule has 0 spiro atoms. The van der Waals surface area contributed by atoms with Crippen LogP contribution in [0, 0.1) is 26.6 Å². The molecule has 0 radical (unpaired) electrons. The molecule has 2 aromatic carbocycles. The van der Waals surface area contributed by atoms with Gasteiger partial charge >= 0.3 is 0 Å². The Labute approximate surface area is 111 Å². The topological polar surface area (TPSA) is 28.7 Å². The first-order valence-electron chi connectivity index (χ1n) is 6.27. The van der Waals surface area contributed by atoms with Crippen molar-refractivity contribution in [3.8, 4) is 11.4 Å². The zero-order valence-electron chi connectivity index (χ0n) is 11.2. The third kappa shape index (κ3) is 2.12. The molecule has 0 atom stereocenters. The van der Waals surface area contributed by atoms with Gasteiger partial charge in [0.1, 0.15) is 11.6 Å². The number of aryl methyl sites for hydroxylation is 3. The largest absolute Gasteiger partial charge is 0.338 e. The first kappa shape index (κ1) is 11.9. The number of hydrogen-bond acceptors (Lipinski definition) is 1. The Hall–Kier alpha value is -2.16. The molecule has 0 amide bonds. The summed E-state index contributed by atoms with van der Waals surface area (Å²) in [4.78, 5) is 7.85. The van der Waals surface area contributed by atoms with Crippen molar-refractivity contribution < 1.29 is 4.39 Å². The van der Waals surface area contributed by atoms with Crippen LogP contribution in [0.4, 0.5) is 4.39 Å². The average Bonchev–Trinajstić information content (AvgIpc) is 2.71. The monoisotopic (exact) mass is 254 g/mol. The van der Waals surface area contributed by atoms with Gasteiger partial charge in [-0.25, -0.2) is 9.37 Å². The second-order valence-corrected chi connectivity index (χ2v) is 5.08. The van der Waals surface area contributed by atoms with E-state index in [-0.39, 0.29) is 5.82 Å². The Morgan fingerprint density at radius 2 is 1.68 bits per heavy atom. The number of imidazole rings is 1. The van der Waals surface area contributed by atoms with Gasteiger partial charge < -0.3 is 4.98 Å². The minimum atomic E-state index is -0.233. The number of halogens is 1. The maximum Gasteiger partial charge on any atom is 0.138 e. The van der Waals surface area contributed by atoms with E-state index >= 15 is 0 Å². The molecule has 19 heavy (non-hydrogen) atoms. The molecule has 3 heteroatoms. The van der Waals surface area contributed by atoms with E-state index in [0.717, 1.165) is 27.7 Å². The van der Waals surface area contributed by atoms with Crippen molar-refractivity contribution in [3.05, 3.63) is 52.8 Å². The van der Waals surface area contributed by atoms with Crippen LogP contribution in [0.2, 0.25) is 0 Å². The lowest BCUT2D eigenvalue weighted by Gasteiger charge is -1.99. The maximum absolute atomic E-state index is 13.5. The van der Waals surface area contributed by atoms with Crippen molar-refractivity contribution in [1.82, 2.24) is 9.97 Å². The van der Waals surface area contributed by atoms with Gasteiger partial charge in [-0.15, -0.1) is 0 Å². The van der Waals surface area contributed by atoms with Crippen LogP contribution in [0.15, 0.2) is 30.3 Å². The summed E-state index contributed by atoms with van der Waals surface area (Å²) in [5.41, 5.74) is 5.94. The molecule has 0 unspecified atom stereocenters. The minimum Gasteiger partial charge on any atom is -0.338 e. The Balaban J connectivity index is 2.23. The molecule has 0 saturated carbocycles. The number of H-pyrrole nitrogens is 1. The highest BCUT2D eigenvalue weighted by Gasteiger charge is 2.09. The van der Waals surface area contributed by atoms with Gasteiger partial charge in [0.25, 0.3) is 0 Å². The van der Waals surface area contributed by atoms with Crippen LogP contribution in [0.1, 0.15) is 16.7 Å². The highest BCUT2D eigenvalue weighted by Crippen LogP contribution is 2.25. The van der Waals surface area contributed by atoms with Gasteiger partial charge in [-0.05, 0) is 61.7 Å². The van der Waals surface area contributed by atoms with E-state index in [1.807, 2.05) is 19.9 Å². The molecule has 0 aliphatic rings. The van der Waals surface area contributed by atoms with Crippen LogP contribution in [0.3, 0.4) is 0 Å². The number of nitrogens with one attached hydrogen (secondary N) is 1. The number of hydrogen-bond donors (Lipinski definition) is 1. The zero-order chi connectivity index (χ0) is 13.6. The molecule has 0 bridgehead atoms. The fraction of sp³-hybridized carbons (Fsp3) is 0.188. The summed E-state index contributed by atoms with van der Waals surface area (Å²) in [6, 6.07) is 9.12. The summed E-state index contributed by atoms with van der Waals surface area (Å²) in [6.07, 6.45) is 0. The second-order valence-electron chi connectivity index (χ2n) is 5.08. The normalized spacial score (nSPS) is 11.2. The van der Waals surface area contributed by atoms with Crippen molar-refractivity contribution in [2.75, 3.05) is 0 Å². The Morgan fingerprint density at radius 1 is 0.947 bits per heavy atom. The van der Waals surface area contributed by atoms with Crippen LogP contribution < -0.4 is 0 Å². The predicted molar refractivity (Wildman–Crippen MR) is 75.7 cm³/mol. The fourth-order valence-electron chi connectivity index (χ4n) is 2.48. The van der Waals surface area contributed by atoms with Crippen LogP contribution in [0.25, 0.3) is 22.4 Å². The zero-order valence-corrected chi connectivity index (χ0v) is 11.2. The lowest BCUT2D eigenvalue weighted by molar-refractivity contribution is 0.627. The van der Waals surface area contributed by atoms with Crippen molar-refractivity contribution >= 4 is 11.0 Å². The predicted octanol–water partition coefficient (Wildman–Crippen LogP) is 4.29. The van der Waals surface area contributed by atoms with Crippen LogP contribution in [-0.2, 0) is 0 Å². The summed E-state index contributed by atoms with van der Waals surface area (Å²) in [5.74, 6) is 0.481. The van der Waals surface area contributed by atoms with Crippen LogP contribution >= 0.6 is 0 Å².